The largest absolute Gasteiger partial charge is 0.452 e. The average Bonchev–Trinajstić information content (AvgIpc) is 2.84. The highest BCUT2D eigenvalue weighted by Gasteiger charge is 2.24. The number of ether oxygens (including phenoxy) is 1. The predicted molar refractivity (Wildman–Crippen MR) is 101 cm³/mol. The van der Waals surface area contributed by atoms with Crippen molar-refractivity contribution in [2.24, 2.45) is 0 Å². The summed E-state index contributed by atoms with van der Waals surface area (Å²) in [5, 5.41) is 9.46. The van der Waals surface area contributed by atoms with E-state index in [9.17, 15) is 9.59 Å². The first-order valence-electron chi connectivity index (χ1n) is 8.51. The van der Waals surface area contributed by atoms with Crippen LogP contribution in [0.5, 0.6) is 0 Å². The normalized spacial score (nSPS) is 16.5. The van der Waals surface area contributed by atoms with Crippen molar-refractivity contribution in [3.8, 4) is 0 Å². The van der Waals surface area contributed by atoms with E-state index in [1.807, 2.05) is 24.3 Å². The second-order valence-corrected chi connectivity index (χ2v) is 7.64. The first-order valence-corrected chi connectivity index (χ1v) is 9.39. The summed E-state index contributed by atoms with van der Waals surface area (Å²) in [7, 11) is 0. The molecule has 0 aromatic heterocycles. The molecule has 0 bridgehead atoms. The quantitative estimate of drug-likeness (QED) is 0.836. The van der Waals surface area contributed by atoms with Crippen LogP contribution >= 0.6 is 11.8 Å². The number of carbonyl (C=O) groups is 2. The molecule has 1 aliphatic heterocycles. The molecule has 0 aliphatic carbocycles. The van der Waals surface area contributed by atoms with Crippen molar-refractivity contribution in [3.05, 3.63) is 59.7 Å². The van der Waals surface area contributed by atoms with E-state index in [4.69, 9.17) is 9.84 Å². The first kappa shape index (κ1) is 18.5. The van der Waals surface area contributed by atoms with Crippen LogP contribution in [0.3, 0.4) is 0 Å². The van der Waals surface area contributed by atoms with Gasteiger partial charge in [0.05, 0.1) is 17.9 Å². The molecule has 6 heteroatoms. The molecule has 1 N–H and O–H groups in total. The zero-order chi connectivity index (χ0) is 18.5. The standard InChI is InChI=1S/C20H21NO4S/c1-14-10-11-21(17-4-2-3-5-18(17)26-14)19(23)13-25-20(24)16-8-6-15(12-22)7-9-16/h2-9,14,22H,10-13H2,1H3/t14-/m0/s1. The Morgan fingerprint density at radius 2 is 1.92 bits per heavy atom. The second kappa shape index (κ2) is 8.38. The van der Waals surface area contributed by atoms with Crippen LogP contribution in [-0.2, 0) is 16.1 Å². The van der Waals surface area contributed by atoms with Crippen LogP contribution in [-0.4, -0.2) is 35.4 Å². The number of nitrogens with zero attached hydrogens (tertiary/aromatic N) is 1. The molecule has 5 nitrogen and oxygen atoms in total. The monoisotopic (exact) mass is 371 g/mol. The summed E-state index contributed by atoms with van der Waals surface area (Å²) < 4.78 is 5.20. The highest BCUT2D eigenvalue weighted by Crippen LogP contribution is 2.37. The van der Waals surface area contributed by atoms with Gasteiger partial charge in [-0.3, -0.25) is 4.79 Å². The molecule has 3 rings (SSSR count). The van der Waals surface area contributed by atoms with E-state index in [-0.39, 0.29) is 19.1 Å². The summed E-state index contributed by atoms with van der Waals surface area (Å²) >= 11 is 1.76. The van der Waals surface area contributed by atoms with Crippen molar-refractivity contribution in [1.29, 1.82) is 0 Å². The maximum Gasteiger partial charge on any atom is 0.338 e. The third-order valence-electron chi connectivity index (χ3n) is 4.24. The molecule has 0 fully saturated rings. The number of aliphatic hydroxyl groups excluding tert-OH is 1. The Hall–Kier alpha value is -2.31. The highest BCUT2D eigenvalue weighted by atomic mass is 32.2. The maximum atomic E-state index is 12.7. The summed E-state index contributed by atoms with van der Waals surface area (Å²) in [5.41, 5.74) is 1.94. The van der Waals surface area contributed by atoms with Gasteiger partial charge in [-0.1, -0.05) is 31.2 Å². The Morgan fingerprint density at radius 3 is 2.65 bits per heavy atom. The Morgan fingerprint density at radius 1 is 1.19 bits per heavy atom. The van der Waals surface area contributed by atoms with Crippen molar-refractivity contribution in [2.45, 2.75) is 30.1 Å². The number of amides is 1. The Balaban J connectivity index is 1.66. The number of fused-ring (bicyclic) bond motifs is 1. The molecule has 1 aliphatic rings. The third-order valence-corrected chi connectivity index (χ3v) is 5.48. The van der Waals surface area contributed by atoms with Crippen LogP contribution in [0.2, 0.25) is 0 Å². The topological polar surface area (TPSA) is 66.8 Å². The second-order valence-electron chi connectivity index (χ2n) is 6.16. The number of anilines is 1. The molecule has 0 spiro atoms. The molecule has 0 saturated carbocycles. The minimum atomic E-state index is -0.548. The van der Waals surface area contributed by atoms with Crippen LogP contribution in [0.25, 0.3) is 0 Å². The van der Waals surface area contributed by atoms with E-state index in [0.29, 0.717) is 22.9 Å². The van der Waals surface area contributed by atoms with Gasteiger partial charge in [0.1, 0.15) is 0 Å². The smallest absolute Gasteiger partial charge is 0.338 e. The van der Waals surface area contributed by atoms with E-state index in [1.165, 1.54) is 0 Å². The van der Waals surface area contributed by atoms with Gasteiger partial charge in [-0.15, -0.1) is 11.8 Å². The van der Waals surface area contributed by atoms with Gasteiger partial charge in [0.2, 0.25) is 0 Å². The van der Waals surface area contributed by atoms with Crippen molar-refractivity contribution in [3.63, 3.8) is 0 Å². The lowest BCUT2D eigenvalue weighted by Gasteiger charge is -2.22. The molecule has 2 aromatic rings. The van der Waals surface area contributed by atoms with Gasteiger partial charge < -0.3 is 14.7 Å². The minimum Gasteiger partial charge on any atom is -0.452 e. The lowest BCUT2D eigenvalue weighted by Crippen LogP contribution is -2.35. The number of hydrogen-bond acceptors (Lipinski definition) is 5. The van der Waals surface area contributed by atoms with E-state index in [0.717, 1.165) is 17.0 Å². The molecule has 1 atom stereocenters. The number of thioether (sulfide) groups is 1. The van der Waals surface area contributed by atoms with E-state index in [2.05, 4.69) is 6.92 Å². The molecular formula is C20H21NO4S. The number of para-hydroxylation sites is 1. The number of hydrogen-bond donors (Lipinski definition) is 1. The molecule has 26 heavy (non-hydrogen) atoms. The van der Waals surface area contributed by atoms with Gasteiger partial charge in [0.25, 0.3) is 5.91 Å². The van der Waals surface area contributed by atoms with Crippen molar-refractivity contribution < 1.29 is 19.4 Å². The lowest BCUT2D eigenvalue weighted by atomic mass is 10.1. The molecule has 1 heterocycles. The summed E-state index contributed by atoms with van der Waals surface area (Å²) in [4.78, 5) is 27.6. The van der Waals surface area contributed by atoms with E-state index < -0.39 is 5.97 Å². The summed E-state index contributed by atoms with van der Waals surface area (Å²) in [5.74, 6) is -0.777. The Labute approximate surface area is 157 Å². The predicted octanol–water partition coefficient (Wildman–Crippen LogP) is 3.25. The van der Waals surface area contributed by atoms with Crippen LogP contribution in [0, 0.1) is 0 Å². The SMILES string of the molecule is C[C@H]1CCN(C(=O)COC(=O)c2ccc(CO)cc2)c2ccccc2S1. The van der Waals surface area contributed by atoms with Crippen LogP contribution in [0.15, 0.2) is 53.4 Å². The van der Waals surface area contributed by atoms with Crippen molar-refractivity contribution in [2.75, 3.05) is 18.1 Å². The molecule has 0 radical (unpaired) electrons. The zero-order valence-electron chi connectivity index (χ0n) is 14.6. The fraction of sp³-hybridized carbons (Fsp3) is 0.300. The highest BCUT2D eigenvalue weighted by molar-refractivity contribution is 8.00. The number of aliphatic hydroxyl groups is 1. The maximum absolute atomic E-state index is 12.7. The van der Waals surface area contributed by atoms with Crippen LogP contribution in [0.1, 0.15) is 29.3 Å². The first-order chi connectivity index (χ1) is 12.6. The summed E-state index contributed by atoms with van der Waals surface area (Å²) in [6.45, 7) is 2.37. The van der Waals surface area contributed by atoms with Gasteiger partial charge in [-0.05, 0) is 36.2 Å². The van der Waals surface area contributed by atoms with Crippen molar-refractivity contribution in [1.82, 2.24) is 0 Å². The molecule has 1 amide bonds. The zero-order valence-corrected chi connectivity index (χ0v) is 15.4. The fourth-order valence-electron chi connectivity index (χ4n) is 2.78. The van der Waals surface area contributed by atoms with Gasteiger partial charge in [0, 0.05) is 16.7 Å². The molecular weight excluding hydrogens is 350 g/mol. The van der Waals surface area contributed by atoms with Crippen molar-refractivity contribution >= 4 is 29.3 Å². The van der Waals surface area contributed by atoms with E-state index in [1.54, 1.807) is 40.9 Å². The van der Waals surface area contributed by atoms with Gasteiger partial charge in [0.15, 0.2) is 6.61 Å². The summed E-state index contributed by atoms with van der Waals surface area (Å²) in [6.07, 6.45) is 0.877. The average molecular weight is 371 g/mol. The number of rotatable bonds is 4. The minimum absolute atomic E-state index is 0.0847. The van der Waals surface area contributed by atoms with E-state index >= 15 is 0 Å². The van der Waals surface area contributed by atoms with Crippen LogP contribution < -0.4 is 4.90 Å². The van der Waals surface area contributed by atoms with Gasteiger partial charge in [-0.2, -0.15) is 0 Å². The van der Waals surface area contributed by atoms with Crippen LogP contribution in [0.4, 0.5) is 5.69 Å². The number of esters is 1. The Kier molecular flexibility index (Phi) is 5.96. The molecule has 2 aromatic carbocycles. The van der Waals surface area contributed by atoms with Gasteiger partial charge >= 0.3 is 5.97 Å². The summed E-state index contributed by atoms with van der Waals surface area (Å²) in [6, 6.07) is 14.3. The number of benzene rings is 2. The number of carbonyl (C=O) groups excluding carboxylic acids is 2. The third kappa shape index (κ3) is 4.26. The molecule has 0 unspecified atom stereocenters. The Bertz CT molecular complexity index is 791. The fourth-order valence-corrected chi connectivity index (χ4v) is 3.89. The molecule has 136 valence electrons. The van der Waals surface area contributed by atoms with Gasteiger partial charge in [-0.25, -0.2) is 4.79 Å². The molecule has 0 saturated heterocycles. The lowest BCUT2D eigenvalue weighted by molar-refractivity contribution is -0.121.